The number of fused-ring (bicyclic) bond motifs is 1. The average Bonchev–Trinajstić information content (AvgIpc) is 3.29. The molecule has 0 bridgehead atoms. The van der Waals surface area contributed by atoms with Crippen molar-refractivity contribution in [2.24, 2.45) is 10.8 Å². The molecular formula is C37H54N4. The fraction of sp³-hybridized carbons (Fsp3) is 0.514. The fourth-order valence-corrected chi connectivity index (χ4v) is 6.51. The molecular weight excluding hydrogens is 500 g/mol. The maximum Gasteiger partial charge on any atom is 0.119 e. The molecule has 0 unspecified atom stereocenters. The highest BCUT2D eigenvalue weighted by molar-refractivity contribution is 5.74. The highest BCUT2D eigenvalue weighted by atomic mass is 15.5. The highest BCUT2D eigenvalue weighted by Gasteiger charge is 2.29. The lowest BCUT2D eigenvalue weighted by molar-refractivity contribution is 0.283. The van der Waals surface area contributed by atoms with E-state index >= 15 is 0 Å². The predicted molar refractivity (Wildman–Crippen MR) is 178 cm³/mol. The first-order valence-electron chi connectivity index (χ1n) is 15.3. The Bertz CT molecular complexity index is 1310. The van der Waals surface area contributed by atoms with E-state index in [1.807, 2.05) is 36.7 Å². The van der Waals surface area contributed by atoms with Gasteiger partial charge in [-0.25, -0.2) is 4.68 Å². The van der Waals surface area contributed by atoms with Crippen LogP contribution in [-0.4, -0.2) is 15.0 Å². The van der Waals surface area contributed by atoms with Crippen LogP contribution in [0.3, 0.4) is 0 Å². The SMILES string of the molecule is CC.CC(C)(C)CC(C)(C)c1ccc(N(Cn2nnc3ccccc32)c2ccc(C(C)(C)CC(C)(C)C)cc2)cc1. The lowest BCUT2D eigenvalue weighted by atomic mass is 9.72. The minimum absolute atomic E-state index is 0.101. The lowest BCUT2D eigenvalue weighted by Gasteiger charge is -2.34. The minimum atomic E-state index is 0.101. The first kappa shape index (κ1) is 32.4. The van der Waals surface area contributed by atoms with Crippen molar-refractivity contribution in [3.8, 4) is 0 Å². The summed E-state index contributed by atoms with van der Waals surface area (Å²) in [4.78, 5) is 2.34. The third-order valence-corrected chi connectivity index (χ3v) is 7.56. The second-order valence-corrected chi connectivity index (χ2v) is 15.0. The molecule has 41 heavy (non-hydrogen) atoms. The molecule has 1 heterocycles. The van der Waals surface area contributed by atoms with Gasteiger partial charge in [-0.15, -0.1) is 5.10 Å². The van der Waals surface area contributed by atoms with Crippen molar-refractivity contribution in [3.05, 3.63) is 83.9 Å². The van der Waals surface area contributed by atoms with Gasteiger partial charge in [0.1, 0.15) is 12.2 Å². The van der Waals surface area contributed by atoms with Crippen molar-refractivity contribution >= 4 is 22.4 Å². The van der Waals surface area contributed by atoms with Gasteiger partial charge in [-0.3, -0.25) is 0 Å². The number of hydrogen-bond donors (Lipinski definition) is 0. The quantitative estimate of drug-likeness (QED) is 0.217. The summed E-state index contributed by atoms with van der Waals surface area (Å²) in [5.41, 5.74) is 7.71. The van der Waals surface area contributed by atoms with Crippen molar-refractivity contribution in [1.29, 1.82) is 0 Å². The number of hydrogen-bond acceptors (Lipinski definition) is 3. The Morgan fingerprint density at radius 3 is 1.41 bits per heavy atom. The summed E-state index contributed by atoms with van der Waals surface area (Å²) in [5, 5.41) is 8.91. The summed E-state index contributed by atoms with van der Waals surface area (Å²) in [6.45, 7) is 27.9. The number of para-hydroxylation sites is 1. The van der Waals surface area contributed by atoms with E-state index in [1.54, 1.807) is 0 Å². The van der Waals surface area contributed by atoms with Crippen LogP contribution in [0.1, 0.15) is 107 Å². The number of anilines is 2. The van der Waals surface area contributed by atoms with Crippen LogP contribution in [0.25, 0.3) is 11.0 Å². The highest BCUT2D eigenvalue weighted by Crippen LogP contribution is 2.39. The first-order chi connectivity index (χ1) is 19.0. The molecule has 0 aliphatic carbocycles. The van der Waals surface area contributed by atoms with Gasteiger partial charge in [-0.05, 0) is 82.0 Å². The zero-order valence-electron chi connectivity index (χ0n) is 27.8. The molecule has 0 fully saturated rings. The molecule has 0 saturated carbocycles. The molecule has 0 N–H and O–H groups in total. The Balaban J connectivity index is 0.00000226. The summed E-state index contributed by atoms with van der Waals surface area (Å²) in [5.74, 6) is 0. The second-order valence-electron chi connectivity index (χ2n) is 15.0. The van der Waals surface area contributed by atoms with Gasteiger partial charge in [-0.1, -0.05) is 125 Å². The van der Waals surface area contributed by atoms with Gasteiger partial charge in [0.15, 0.2) is 0 Å². The first-order valence-corrected chi connectivity index (χ1v) is 15.3. The maximum absolute atomic E-state index is 4.51. The number of nitrogens with zero attached hydrogens (tertiary/aromatic N) is 4. The van der Waals surface area contributed by atoms with Crippen molar-refractivity contribution in [1.82, 2.24) is 15.0 Å². The van der Waals surface area contributed by atoms with E-state index in [4.69, 9.17) is 0 Å². The van der Waals surface area contributed by atoms with E-state index < -0.39 is 0 Å². The fourth-order valence-electron chi connectivity index (χ4n) is 6.51. The van der Waals surface area contributed by atoms with Crippen LogP contribution in [0.2, 0.25) is 0 Å². The Hall–Kier alpha value is -3.14. The summed E-state index contributed by atoms with van der Waals surface area (Å²) in [7, 11) is 0. The molecule has 0 radical (unpaired) electrons. The van der Waals surface area contributed by atoms with Gasteiger partial charge in [0.25, 0.3) is 0 Å². The second kappa shape index (κ2) is 12.4. The molecule has 3 aromatic carbocycles. The largest absolute Gasteiger partial charge is 0.321 e. The van der Waals surface area contributed by atoms with Gasteiger partial charge in [0.2, 0.25) is 0 Å². The Kier molecular flexibility index (Phi) is 9.78. The molecule has 0 amide bonds. The molecule has 0 aliphatic rings. The lowest BCUT2D eigenvalue weighted by Crippen LogP contribution is -2.26. The average molecular weight is 555 g/mol. The zero-order valence-corrected chi connectivity index (χ0v) is 27.8. The van der Waals surface area contributed by atoms with Gasteiger partial charge in [-0.2, -0.15) is 0 Å². The maximum atomic E-state index is 4.51. The standard InChI is InChI=1S/C35H48N4.C2H6/c1-32(2,3)23-34(7,8)26-15-19-28(20-16-26)38(25-39-31-14-12-11-13-30(31)36-37-39)29-21-17-27(18-22-29)35(9,10)24-33(4,5)6;1-2/h11-22H,23-25H2,1-10H3;1-2H3. The molecule has 4 aromatic rings. The third kappa shape index (κ3) is 8.44. The van der Waals surface area contributed by atoms with Crippen molar-refractivity contribution in [2.75, 3.05) is 4.90 Å². The molecule has 0 atom stereocenters. The molecule has 0 saturated heterocycles. The summed E-state index contributed by atoms with van der Waals surface area (Å²) in [6, 6.07) is 26.4. The van der Waals surface area contributed by atoms with Crippen LogP contribution in [0.5, 0.6) is 0 Å². The molecule has 222 valence electrons. The molecule has 1 aromatic heterocycles. The van der Waals surface area contributed by atoms with E-state index in [9.17, 15) is 0 Å². The van der Waals surface area contributed by atoms with Crippen molar-refractivity contribution in [2.45, 2.75) is 113 Å². The summed E-state index contributed by atoms with van der Waals surface area (Å²) in [6.07, 6.45) is 2.25. The summed E-state index contributed by atoms with van der Waals surface area (Å²) < 4.78 is 1.99. The van der Waals surface area contributed by atoms with E-state index in [-0.39, 0.29) is 21.7 Å². The molecule has 0 aliphatic heterocycles. The zero-order chi connectivity index (χ0) is 30.6. The smallest absolute Gasteiger partial charge is 0.119 e. The van der Waals surface area contributed by atoms with Crippen molar-refractivity contribution < 1.29 is 0 Å². The van der Waals surface area contributed by atoms with Crippen LogP contribution in [0, 0.1) is 10.8 Å². The Labute approximate surface area is 250 Å². The topological polar surface area (TPSA) is 34.0 Å². The van der Waals surface area contributed by atoms with Crippen LogP contribution in [0.15, 0.2) is 72.8 Å². The number of benzene rings is 3. The number of aromatic nitrogens is 3. The van der Waals surface area contributed by atoms with Gasteiger partial charge < -0.3 is 4.90 Å². The normalized spacial score (nSPS) is 12.7. The van der Waals surface area contributed by atoms with Gasteiger partial charge >= 0.3 is 0 Å². The molecule has 4 rings (SSSR count). The van der Waals surface area contributed by atoms with Gasteiger partial charge in [0, 0.05) is 11.4 Å². The van der Waals surface area contributed by atoms with E-state index in [1.165, 1.54) is 11.1 Å². The third-order valence-electron chi connectivity index (χ3n) is 7.56. The van der Waals surface area contributed by atoms with Gasteiger partial charge in [0.05, 0.1) is 5.52 Å². The van der Waals surface area contributed by atoms with Crippen LogP contribution < -0.4 is 4.90 Å². The monoisotopic (exact) mass is 554 g/mol. The minimum Gasteiger partial charge on any atom is -0.321 e. The molecule has 0 spiro atoms. The van der Waals surface area contributed by atoms with E-state index in [0.717, 1.165) is 35.2 Å². The number of rotatable bonds is 8. The summed E-state index contributed by atoms with van der Waals surface area (Å²) >= 11 is 0. The Morgan fingerprint density at radius 1 is 0.585 bits per heavy atom. The van der Waals surface area contributed by atoms with E-state index in [2.05, 4.69) is 139 Å². The Morgan fingerprint density at radius 2 is 1.00 bits per heavy atom. The van der Waals surface area contributed by atoms with Crippen molar-refractivity contribution in [3.63, 3.8) is 0 Å². The molecule has 4 heteroatoms. The van der Waals surface area contributed by atoms with E-state index in [0.29, 0.717) is 6.67 Å². The van der Waals surface area contributed by atoms with Crippen LogP contribution >= 0.6 is 0 Å². The van der Waals surface area contributed by atoms with Crippen LogP contribution in [0.4, 0.5) is 11.4 Å². The van der Waals surface area contributed by atoms with Crippen LogP contribution in [-0.2, 0) is 17.5 Å². The molecule has 4 nitrogen and oxygen atoms in total. The predicted octanol–water partition coefficient (Wildman–Crippen LogP) is 10.7.